The van der Waals surface area contributed by atoms with Gasteiger partial charge in [-0.2, -0.15) is 0 Å². The first-order chi connectivity index (χ1) is 8.70. The molecule has 0 saturated carbocycles. The SMILES string of the molecule is CNc1ccc(N(C)Cc2ccccc2Br)cc1. The van der Waals surface area contributed by atoms with Gasteiger partial charge in [0.05, 0.1) is 0 Å². The van der Waals surface area contributed by atoms with Gasteiger partial charge in [-0.1, -0.05) is 34.1 Å². The number of hydrogen-bond donors (Lipinski definition) is 1. The van der Waals surface area contributed by atoms with Crippen LogP contribution in [0.2, 0.25) is 0 Å². The molecule has 2 aromatic carbocycles. The molecule has 0 aliphatic rings. The molecule has 0 bridgehead atoms. The molecule has 94 valence electrons. The Bertz CT molecular complexity index is 508. The lowest BCUT2D eigenvalue weighted by atomic mass is 10.2. The quantitative estimate of drug-likeness (QED) is 0.914. The summed E-state index contributed by atoms with van der Waals surface area (Å²) in [6.07, 6.45) is 0. The van der Waals surface area contributed by atoms with Crippen LogP contribution >= 0.6 is 15.9 Å². The summed E-state index contributed by atoms with van der Waals surface area (Å²) in [5, 5.41) is 3.13. The van der Waals surface area contributed by atoms with Crippen molar-refractivity contribution in [3.05, 3.63) is 58.6 Å². The highest BCUT2D eigenvalue weighted by molar-refractivity contribution is 9.10. The van der Waals surface area contributed by atoms with Crippen LogP contribution in [0.1, 0.15) is 5.56 Å². The number of rotatable bonds is 4. The van der Waals surface area contributed by atoms with Crippen molar-refractivity contribution in [2.75, 3.05) is 24.3 Å². The maximum Gasteiger partial charge on any atom is 0.0437 e. The van der Waals surface area contributed by atoms with E-state index in [9.17, 15) is 0 Å². The molecule has 1 N–H and O–H groups in total. The third kappa shape index (κ3) is 3.05. The second-order valence-corrected chi connectivity index (χ2v) is 5.10. The number of anilines is 2. The molecule has 2 nitrogen and oxygen atoms in total. The number of benzene rings is 2. The van der Waals surface area contributed by atoms with Crippen LogP contribution < -0.4 is 10.2 Å². The molecule has 0 aliphatic carbocycles. The normalized spacial score (nSPS) is 10.2. The van der Waals surface area contributed by atoms with Crippen molar-refractivity contribution >= 4 is 27.3 Å². The lowest BCUT2D eigenvalue weighted by Crippen LogP contribution is -2.16. The molecule has 0 radical (unpaired) electrons. The summed E-state index contributed by atoms with van der Waals surface area (Å²) in [6.45, 7) is 0.889. The molecule has 3 heteroatoms. The van der Waals surface area contributed by atoms with E-state index in [0.29, 0.717) is 0 Å². The van der Waals surface area contributed by atoms with Crippen molar-refractivity contribution in [2.45, 2.75) is 6.54 Å². The fraction of sp³-hybridized carbons (Fsp3) is 0.200. The average molecular weight is 305 g/mol. The van der Waals surface area contributed by atoms with Crippen LogP contribution in [0.15, 0.2) is 53.0 Å². The summed E-state index contributed by atoms with van der Waals surface area (Å²) < 4.78 is 1.16. The second-order valence-electron chi connectivity index (χ2n) is 4.24. The molecule has 0 unspecified atom stereocenters. The second kappa shape index (κ2) is 5.91. The van der Waals surface area contributed by atoms with Crippen molar-refractivity contribution in [1.29, 1.82) is 0 Å². The Morgan fingerprint density at radius 1 is 1.06 bits per heavy atom. The van der Waals surface area contributed by atoms with Gasteiger partial charge in [-0.3, -0.25) is 0 Å². The number of nitrogens with one attached hydrogen (secondary N) is 1. The molecule has 2 aromatic rings. The number of hydrogen-bond acceptors (Lipinski definition) is 2. The Balaban J connectivity index is 2.11. The van der Waals surface area contributed by atoms with Crippen molar-refractivity contribution in [3.8, 4) is 0 Å². The lowest BCUT2D eigenvalue weighted by Gasteiger charge is -2.20. The maximum absolute atomic E-state index is 3.58. The molecule has 18 heavy (non-hydrogen) atoms. The Morgan fingerprint density at radius 3 is 2.33 bits per heavy atom. The van der Waals surface area contributed by atoms with Gasteiger partial charge < -0.3 is 10.2 Å². The molecule has 2 rings (SSSR count). The summed E-state index contributed by atoms with van der Waals surface area (Å²) in [5.74, 6) is 0. The highest BCUT2D eigenvalue weighted by atomic mass is 79.9. The minimum Gasteiger partial charge on any atom is -0.388 e. The smallest absolute Gasteiger partial charge is 0.0437 e. The Kier molecular flexibility index (Phi) is 4.26. The van der Waals surface area contributed by atoms with E-state index in [4.69, 9.17) is 0 Å². The molecular formula is C15H17BrN2. The van der Waals surface area contributed by atoms with Gasteiger partial charge in [-0.25, -0.2) is 0 Å². The lowest BCUT2D eigenvalue weighted by molar-refractivity contribution is 0.918. The largest absolute Gasteiger partial charge is 0.388 e. The summed E-state index contributed by atoms with van der Waals surface area (Å²) in [4.78, 5) is 2.24. The fourth-order valence-electron chi connectivity index (χ4n) is 1.86. The van der Waals surface area contributed by atoms with Crippen molar-refractivity contribution in [2.24, 2.45) is 0 Å². The standard InChI is InChI=1S/C15H17BrN2/c1-17-13-7-9-14(10-8-13)18(2)11-12-5-3-4-6-15(12)16/h3-10,17H,11H2,1-2H3. The van der Waals surface area contributed by atoms with Crippen molar-refractivity contribution in [1.82, 2.24) is 0 Å². The molecule has 0 aliphatic heterocycles. The highest BCUT2D eigenvalue weighted by Gasteiger charge is 2.04. The van der Waals surface area contributed by atoms with Crippen molar-refractivity contribution in [3.63, 3.8) is 0 Å². The zero-order valence-electron chi connectivity index (χ0n) is 10.7. The van der Waals surface area contributed by atoms with E-state index in [0.717, 1.165) is 16.7 Å². The van der Waals surface area contributed by atoms with E-state index < -0.39 is 0 Å². The first-order valence-electron chi connectivity index (χ1n) is 5.93. The van der Waals surface area contributed by atoms with Gasteiger partial charge >= 0.3 is 0 Å². The van der Waals surface area contributed by atoms with Gasteiger partial charge in [-0.15, -0.1) is 0 Å². The van der Waals surface area contributed by atoms with Crippen LogP contribution in [0, 0.1) is 0 Å². The van der Waals surface area contributed by atoms with Crippen LogP contribution in [0.3, 0.4) is 0 Å². The fourth-order valence-corrected chi connectivity index (χ4v) is 2.27. The third-order valence-electron chi connectivity index (χ3n) is 2.96. The average Bonchev–Trinajstić information content (AvgIpc) is 2.41. The monoisotopic (exact) mass is 304 g/mol. The molecular weight excluding hydrogens is 288 g/mol. The first-order valence-corrected chi connectivity index (χ1v) is 6.72. The maximum atomic E-state index is 3.58. The summed E-state index contributed by atoms with van der Waals surface area (Å²) in [5.41, 5.74) is 3.63. The van der Waals surface area contributed by atoms with Gasteiger partial charge in [0.2, 0.25) is 0 Å². The molecule has 0 atom stereocenters. The minimum absolute atomic E-state index is 0.889. The molecule has 0 amide bonds. The van der Waals surface area contributed by atoms with Crippen LogP contribution in [0.5, 0.6) is 0 Å². The molecule has 0 heterocycles. The predicted molar refractivity (Wildman–Crippen MR) is 82.2 cm³/mol. The van der Waals surface area contributed by atoms with Gasteiger partial charge in [-0.05, 0) is 35.9 Å². The topological polar surface area (TPSA) is 15.3 Å². The van der Waals surface area contributed by atoms with Crippen LogP contribution in [0.4, 0.5) is 11.4 Å². The predicted octanol–water partition coefficient (Wildman–Crippen LogP) is 4.13. The van der Waals surface area contributed by atoms with Crippen LogP contribution in [-0.2, 0) is 6.54 Å². The summed E-state index contributed by atoms with van der Waals surface area (Å²) >= 11 is 3.58. The van der Waals surface area contributed by atoms with E-state index in [1.807, 2.05) is 13.1 Å². The van der Waals surface area contributed by atoms with Gasteiger partial charge in [0.1, 0.15) is 0 Å². The molecule has 0 spiro atoms. The van der Waals surface area contributed by atoms with E-state index in [2.05, 4.69) is 75.7 Å². The van der Waals surface area contributed by atoms with Crippen LogP contribution in [0.25, 0.3) is 0 Å². The summed E-state index contributed by atoms with van der Waals surface area (Å²) in [7, 11) is 4.04. The number of halogens is 1. The Morgan fingerprint density at radius 2 is 1.72 bits per heavy atom. The Labute approximate surface area is 117 Å². The zero-order valence-corrected chi connectivity index (χ0v) is 12.2. The molecule has 0 aromatic heterocycles. The highest BCUT2D eigenvalue weighted by Crippen LogP contribution is 2.22. The van der Waals surface area contributed by atoms with Gasteiger partial charge in [0, 0.05) is 36.5 Å². The number of nitrogens with zero attached hydrogens (tertiary/aromatic N) is 1. The zero-order chi connectivity index (χ0) is 13.0. The van der Waals surface area contributed by atoms with E-state index in [-0.39, 0.29) is 0 Å². The minimum atomic E-state index is 0.889. The van der Waals surface area contributed by atoms with E-state index in [1.54, 1.807) is 0 Å². The third-order valence-corrected chi connectivity index (χ3v) is 3.74. The molecule has 0 saturated heterocycles. The van der Waals surface area contributed by atoms with Crippen LogP contribution in [-0.4, -0.2) is 14.1 Å². The Hall–Kier alpha value is -1.48. The van der Waals surface area contributed by atoms with Gasteiger partial charge in [0.25, 0.3) is 0 Å². The van der Waals surface area contributed by atoms with E-state index >= 15 is 0 Å². The van der Waals surface area contributed by atoms with Gasteiger partial charge in [0.15, 0.2) is 0 Å². The van der Waals surface area contributed by atoms with E-state index in [1.165, 1.54) is 11.3 Å². The molecule has 0 fully saturated rings. The first kappa shape index (κ1) is 13.0. The summed E-state index contributed by atoms with van der Waals surface area (Å²) in [6, 6.07) is 16.8. The van der Waals surface area contributed by atoms with Crippen molar-refractivity contribution < 1.29 is 0 Å².